The van der Waals surface area contributed by atoms with Gasteiger partial charge in [0.05, 0.1) is 6.61 Å². The SMILES string of the molecule is CCOc1cc(CNC(Cc2c[nH]c3ccccc23)C(=O)O)c(Cl)cc1OCc1ccc(Cl)cc1Cl. The Bertz CT molecular complexity index is 1370. The van der Waals surface area contributed by atoms with Gasteiger partial charge < -0.3 is 19.6 Å². The zero-order valence-corrected chi connectivity index (χ0v) is 21.8. The van der Waals surface area contributed by atoms with E-state index < -0.39 is 12.0 Å². The first-order chi connectivity index (χ1) is 17.4. The number of hydrogen-bond acceptors (Lipinski definition) is 4. The Hall–Kier alpha value is -2.90. The lowest BCUT2D eigenvalue weighted by atomic mass is 10.0. The molecule has 188 valence electrons. The maximum Gasteiger partial charge on any atom is 0.321 e. The minimum Gasteiger partial charge on any atom is -0.490 e. The largest absolute Gasteiger partial charge is 0.490 e. The maximum atomic E-state index is 12.0. The van der Waals surface area contributed by atoms with Crippen LogP contribution in [-0.2, 0) is 24.4 Å². The van der Waals surface area contributed by atoms with Crippen molar-refractivity contribution >= 4 is 51.7 Å². The Morgan fingerprint density at radius 2 is 1.72 bits per heavy atom. The van der Waals surface area contributed by atoms with Gasteiger partial charge >= 0.3 is 5.97 Å². The summed E-state index contributed by atoms with van der Waals surface area (Å²) in [5.74, 6) is 0.0266. The van der Waals surface area contributed by atoms with Crippen LogP contribution < -0.4 is 14.8 Å². The number of halogens is 3. The van der Waals surface area contributed by atoms with Gasteiger partial charge in [-0.3, -0.25) is 10.1 Å². The Kier molecular flexibility index (Phi) is 8.64. The van der Waals surface area contributed by atoms with Crippen LogP contribution in [0.2, 0.25) is 15.1 Å². The van der Waals surface area contributed by atoms with Gasteiger partial charge in [0.15, 0.2) is 11.5 Å². The number of fused-ring (bicyclic) bond motifs is 1. The van der Waals surface area contributed by atoms with Crippen LogP contribution in [0.25, 0.3) is 10.9 Å². The maximum absolute atomic E-state index is 12.0. The van der Waals surface area contributed by atoms with Crippen molar-refractivity contribution in [1.29, 1.82) is 0 Å². The molecule has 0 fully saturated rings. The Balaban J connectivity index is 1.48. The number of aromatic amines is 1. The first-order valence-corrected chi connectivity index (χ1v) is 12.5. The Labute approximate surface area is 224 Å². The summed E-state index contributed by atoms with van der Waals surface area (Å²) in [4.78, 5) is 15.2. The number of hydrogen-bond donors (Lipinski definition) is 3. The van der Waals surface area contributed by atoms with Crippen LogP contribution in [0.4, 0.5) is 0 Å². The van der Waals surface area contributed by atoms with Crippen LogP contribution in [0.3, 0.4) is 0 Å². The van der Waals surface area contributed by atoms with Crippen LogP contribution >= 0.6 is 34.8 Å². The summed E-state index contributed by atoms with van der Waals surface area (Å²) in [6.45, 7) is 2.73. The van der Waals surface area contributed by atoms with E-state index in [-0.39, 0.29) is 13.2 Å². The molecule has 1 heterocycles. The second-order valence-electron chi connectivity index (χ2n) is 8.18. The molecule has 1 atom stereocenters. The van der Waals surface area contributed by atoms with Gasteiger partial charge in [-0.1, -0.05) is 59.1 Å². The van der Waals surface area contributed by atoms with Crippen molar-refractivity contribution in [2.45, 2.75) is 32.5 Å². The molecule has 4 rings (SSSR count). The standard InChI is InChI=1S/C27H25Cl3N2O4/c1-2-35-25-10-18(22(30)12-26(25)36-15-16-7-8-19(28)11-21(16)29)14-32-24(27(33)34)9-17-13-31-23-6-4-3-5-20(17)23/h3-8,10-13,24,31-32H,2,9,14-15H2,1H3,(H,33,34). The molecule has 9 heteroatoms. The first-order valence-electron chi connectivity index (χ1n) is 11.4. The van der Waals surface area contributed by atoms with Crippen molar-refractivity contribution in [3.63, 3.8) is 0 Å². The molecular weight excluding hydrogens is 523 g/mol. The van der Waals surface area contributed by atoms with Gasteiger partial charge in [0, 0.05) is 56.8 Å². The molecule has 0 aliphatic heterocycles. The second-order valence-corrected chi connectivity index (χ2v) is 9.43. The molecule has 0 saturated heterocycles. The number of ether oxygens (including phenoxy) is 2. The van der Waals surface area contributed by atoms with Crippen LogP contribution in [0.15, 0.2) is 60.8 Å². The van der Waals surface area contributed by atoms with Crippen LogP contribution in [0.1, 0.15) is 23.6 Å². The normalized spacial score (nSPS) is 12.0. The minimum absolute atomic E-state index is 0.204. The van der Waals surface area contributed by atoms with Gasteiger partial charge in [-0.15, -0.1) is 0 Å². The number of carboxylic acids is 1. The third-order valence-electron chi connectivity index (χ3n) is 5.75. The van der Waals surface area contributed by atoms with E-state index in [0.717, 1.165) is 22.0 Å². The molecule has 0 saturated carbocycles. The third kappa shape index (κ3) is 6.26. The Morgan fingerprint density at radius 3 is 2.47 bits per heavy atom. The van der Waals surface area contributed by atoms with Crippen LogP contribution in [-0.4, -0.2) is 28.7 Å². The van der Waals surface area contributed by atoms with Gasteiger partial charge in [-0.05, 0) is 42.3 Å². The topological polar surface area (TPSA) is 83.6 Å². The number of carbonyl (C=O) groups is 1. The summed E-state index contributed by atoms with van der Waals surface area (Å²) in [5, 5.41) is 15.4. The molecular formula is C27H25Cl3N2O4. The van der Waals surface area contributed by atoms with Crippen molar-refractivity contribution in [3.8, 4) is 11.5 Å². The summed E-state index contributed by atoms with van der Waals surface area (Å²) in [7, 11) is 0. The van der Waals surface area contributed by atoms with Gasteiger partial charge in [0.1, 0.15) is 12.6 Å². The fraction of sp³-hybridized carbons (Fsp3) is 0.222. The molecule has 0 aliphatic rings. The number of aliphatic carboxylic acids is 1. The first kappa shape index (κ1) is 26.2. The van der Waals surface area contributed by atoms with Gasteiger partial charge in [-0.2, -0.15) is 0 Å². The zero-order valence-electron chi connectivity index (χ0n) is 19.5. The molecule has 0 aliphatic carbocycles. The summed E-state index contributed by atoms with van der Waals surface area (Å²) in [5.41, 5.74) is 3.36. The van der Waals surface area contributed by atoms with Crippen molar-refractivity contribution in [2.75, 3.05) is 6.61 Å². The molecule has 0 spiro atoms. The predicted molar refractivity (Wildman–Crippen MR) is 144 cm³/mol. The van der Waals surface area contributed by atoms with E-state index in [9.17, 15) is 9.90 Å². The predicted octanol–water partition coefficient (Wildman–Crippen LogP) is 6.89. The number of H-pyrrole nitrogens is 1. The lowest BCUT2D eigenvalue weighted by molar-refractivity contribution is -0.139. The fourth-order valence-electron chi connectivity index (χ4n) is 3.89. The van der Waals surface area contributed by atoms with E-state index in [1.165, 1.54) is 0 Å². The number of benzene rings is 3. The molecule has 6 nitrogen and oxygen atoms in total. The molecule has 3 N–H and O–H groups in total. The van der Waals surface area contributed by atoms with Crippen LogP contribution in [0, 0.1) is 0 Å². The number of nitrogens with one attached hydrogen (secondary N) is 2. The molecule has 36 heavy (non-hydrogen) atoms. The fourth-order valence-corrected chi connectivity index (χ4v) is 4.57. The number of para-hydroxylation sites is 1. The lowest BCUT2D eigenvalue weighted by Gasteiger charge is -2.18. The highest BCUT2D eigenvalue weighted by atomic mass is 35.5. The van der Waals surface area contributed by atoms with Crippen LogP contribution in [0.5, 0.6) is 11.5 Å². The quantitative estimate of drug-likeness (QED) is 0.190. The number of aromatic nitrogens is 1. The monoisotopic (exact) mass is 546 g/mol. The van der Waals surface area contributed by atoms with E-state index in [2.05, 4.69) is 10.3 Å². The van der Waals surface area contributed by atoms with E-state index in [1.807, 2.05) is 37.4 Å². The third-order valence-corrected chi connectivity index (χ3v) is 6.69. The average Bonchev–Trinajstić information content (AvgIpc) is 3.26. The van der Waals surface area contributed by atoms with E-state index in [0.29, 0.717) is 45.2 Å². The van der Waals surface area contributed by atoms with E-state index in [1.54, 1.807) is 30.3 Å². The summed E-state index contributed by atoms with van der Waals surface area (Å²) >= 11 is 18.8. The highest BCUT2D eigenvalue weighted by Gasteiger charge is 2.20. The summed E-state index contributed by atoms with van der Waals surface area (Å²) < 4.78 is 11.7. The molecule has 0 bridgehead atoms. The van der Waals surface area contributed by atoms with Crippen molar-refractivity contribution in [3.05, 3.63) is 92.6 Å². The van der Waals surface area contributed by atoms with Gasteiger partial charge in [0.25, 0.3) is 0 Å². The van der Waals surface area contributed by atoms with Crippen molar-refractivity contribution in [1.82, 2.24) is 10.3 Å². The molecule has 3 aromatic carbocycles. The molecule has 0 radical (unpaired) electrons. The molecule has 4 aromatic rings. The molecule has 1 aromatic heterocycles. The minimum atomic E-state index is -0.943. The van der Waals surface area contributed by atoms with E-state index in [4.69, 9.17) is 44.3 Å². The number of carboxylic acid groups (broad SMARTS) is 1. The lowest BCUT2D eigenvalue weighted by Crippen LogP contribution is -2.38. The smallest absolute Gasteiger partial charge is 0.321 e. The van der Waals surface area contributed by atoms with E-state index >= 15 is 0 Å². The highest BCUT2D eigenvalue weighted by molar-refractivity contribution is 6.35. The van der Waals surface area contributed by atoms with Gasteiger partial charge in [-0.25, -0.2) is 0 Å². The van der Waals surface area contributed by atoms with Crippen molar-refractivity contribution < 1.29 is 19.4 Å². The summed E-state index contributed by atoms with van der Waals surface area (Å²) in [6.07, 6.45) is 2.17. The highest BCUT2D eigenvalue weighted by Crippen LogP contribution is 2.35. The zero-order chi connectivity index (χ0) is 25.7. The second kappa shape index (κ2) is 11.9. The Morgan fingerprint density at radius 1 is 0.972 bits per heavy atom. The van der Waals surface area contributed by atoms with Crippen molar-refractivity contribution in [2.24, 2.45) is 0 Å². The van der Waals surface area contributed by atoms with Gasteiger partial charge in [0.2, 0.25) is 0 Å². The average molecular weight is 548 g/mol. The summed E-state index contributed by atoms with van der Waals surface area (Å²) in [6, 6.07) is 15.6. The molecule has 1 unspecified atom stereocenters. The number of rotatable bonds is 11. The molecule has 0 amide bonds.